The van der Waals surface area contributed by atoms with Crippen LogP contribution in [0, 0.1) is 6.92 Å². The molecule has 1 atom stereocenters. The lowest BCUT2D eigenvalue weighted by Gasteiger charge is -2.34. The molecule has 2 heterocycles. The summed E-state index contributed by atoms with van der Waals surface area (Å²) in [6.45, 7) is 3.49. The Morgan fingerprint density at radius 1 is 1.16 bits per heavy atom. The molecule has 1 aromatic carbocycles. The molecular formula is C19H22N2O3S. The van der Waals surface area contributed by atoms with Gasteiger partial charge in [-0.25, -0.2) is 8.42 Å². The molecule has 0 amide bonds. The minimum atomic E-state index is -3.71. The molecule has 1 aliphatic heterocycles. The predicted octanol–water partition coefficient (Wildman–Crippen LogP) is 2.98. The maximum atomic E-state index is 13.3. The maximum absolute atomic E-state index is 13.3. The van der Waals surface area contributed by atoms with E-state index in [1.165, 1.54) is 11.2 Å². The Kier molecular flexibility index (Phi) is 4.67. The first-order chi connectivity index (χ1) is 11.8. The van der Waals surface area contributed by atoms with E-state index in [1.54, 1.807) is 24.3 Å². The molecule has 0 N–H and O–H groups in total. The fourth-order valence-electron chi connectivity index (χ4n) is 3.16. The lowest BCUT2D eigenvalue weighted by Crippen LogP contribution is -2.40. The molecule has 1 aliphatic rings. The minimum Gasteiger partial charge on any atom is -0.353 e. The Morgan fingerprint density at radius 3 is 2.40 bits per heavy atom. The number of aromatic nitrogens is 1. The quantitative estimate of drug-likeness (QED) is 0.844. The molecule has 0 aliphatic carbocycles. The smallest absolute Gasteiger partial charge is 0.243 e. The number of nitrogens with zero attached hydrogens (tertiary/aromatic N) is 2. The van der Waals surface area contributed by atoms with E-state index in [4.69, 9.17) is 0 Å². The van der Waals surface area contributed by atoms with Gasteiger partial charge in [-0.1, -0.05) is 23.8 Å². The standard InChI is InChI=1S/C19H22N2O3S/c1-14-6-9-17(10-7-14)25(23,24)21-13-16(15(2)22)8-11-19(21)18-5-4-12-20(18)3/h4-10,12,19H,11,13H2,1-3H3. The van der Waals surface area contributed by atoms with Crippen LogP contribution >= 0.6 is 0 Å². The summed E-state index contributed by atoms with van der Waals surface area (Å²) in [7, 11) is -1.81. The van der Waals surface area contributed by atoms with Gasteiger partial charge in [-0.3, -0.25) is 4.79 Å². The van der Waals surface area contributed by atoms with Crippen molar-refractivity contribution in [2.24, 2.45) is 7.05 Å². The van der Waals surface area contributed by atoms with Gasteiger partial charge in [0.25, 0.3) is 0 Å². The summed E-state index contributed by atoms with van der Waals surface area (Å²) in [5, 5.41) is 0. The molecule has 0 bridgehead atoms. The average molecular weight is 358 g/mol. The van der Waals surface area contributed by atoms with Crippen LogP contribution in [0.5, 0.6) is 0 Å². The third kappa shape index (κ3) is 3.32. The summed E-state index contributed by atoms with van der Waals surface area (Å²) >= 11 is 0. The third-order valence-corrected chi connectivity index (χ3v) is 6.54. The highest BCUT2D eigenvalue weighted by Crippen LogP contribution is 2.35. The SMILES string of the molecule is CC(=O)C1=CCC(c2cccn2C)N(S(=O)(=O)c2ccc(C)cc2)C1. The van der Waals surface area contributed by atoms with E-state index in [9.17, 15) is 13.2 Å². The van der Waals surface area contributed by atoms with Gasteiger partial charge in [0.1, 0.15) is 0 Å². The first-order valence-electron chi connectivity index (χ1n) is 8.20. The zero-order valence-corrected chi connectivity index (χ0v) is 15.5. The van der Waals surface area contributed by atoms with Crippen molar-refractivity contribution in [2.45, 2.75) is 31.2 Å². The molecule has 6 heteroatoms. The number of hydrogen-bond donors (Lipinski definition) is 0. The summed E-state index contributed by atoms with van der Waals surface area (Å²) in [6.07, 6.45) is 4.25. The molecule has 0 spiro atoms. The topological polar surface area (TPSA) is 59.4 Å². The molecule has 132 valence electrons. The van der Waals surface area contributed by atoms with E-state index < -0.39 is 10.0 Å². The van der Waals surface area contributed by atoms with Gasteiger partial charge in [0.05, 0.1) is 10.9 Å². The van der Waals surface area contributed by atoms with Crippen LogP contribution in [0.25, 0.3) is 0 Å². The van der Waals surface area contributed by atoms with Gasteiger partial charge in [-0.2, -0.15) is 4.31 Å². The van der Waals surface area contributed by atoms with Crippen LogP contribution in [0.4, 0.5) is 0 Å². The summed E-state index contributed by atoms with van der Waals surface area (Å²) in [6, 6.07) is 10.3. The number of carbonyl (C=O) groups excluding carboxylic acids is 1. The number of Topliss-reactive ketones (excluding diaryl/α,β-unsaturated/α-hetero) is 1. The second-order valence-electron chi connectivity index (χ2n) is 6.44. The molecule has 1 aromatic heterocycles. The van der Waals surface area contributed by atoms with Gasteiger partial charge in [0.2, 0.25) is 10.0 Å². The van der Waals surface area contributed by atoms with Crippen LogP contribution in [-0.4, -0.2) is 29.6 Å². The summed E-state index contributed by atoms with van der Waals surface area (Å²) in [5.74, 6) is -0.0885. The van der Waals surface area contributed by atoms with Crippen LogP contribution < -0.4 is 0 Å². The first-order valence-corrected chi connectivity index (χ1v) is 9.64. The van der Waals surface area contributed by atoms with Gasteiger partial charge < -0.3 is 4.57 Å². The van der Waals surface area contributed by atoms with Gasteiger partial charge >= 0.3 is 0 Å². The number of rotatable bonds is 4. The molecule has 1 unspecified atom stereocenters. The van der Waals surface area contributed by atoms with Crippen LogP contribution in [0.1, 0.15) is 30.6 Å². The number of benzene rings is 1. The monoisotopic (exact) mass is 358 g/mol. The van der Waals surface area contributed by atoms with Crippen molar-refractivity contribution in [3.05, 3.63) is 65.5 Å². The zero-order chi connectivity index (χ0) is 18.2. The van der Waals surface area contributed by atoms with Gasteiger partial charge in [-0.15, -0.1) is 0 Å². The molecule has 0 saturated heterocycles. The van der Waals surface area contributed by atoms with Gasteiger partial charge in [0.15, 0.2) is 5.78 Å². The molecule has 3 rings (SSSR count). The van der Waals surface area contributed by atoms with E-state index in [0.717, 1.165) is 11.3 Å². The molecule has 2 aromatic rings. The van der Waals surface area contributed by atoms with E-state index in [0.29, 0.717) is 12.0 Å². The van der Waals surface area contributed by atoms with E-state index >= 15 is 0 Å². The molecule has 0 saturated carbocycles. The van der Waals surface area contributed by atoms with Crippen LogP contribution in [0.3, 0.4) is 0 Å². The Morgan fingerprint density at radius 2 is 1.84 bits per heavy atom. The Hall–Kier alpha value is -2.18. The van der Waals surface area contributed by atoms with E-state index in [1.807, 2.05) is 42.9 Å². The lowest BCUT2D eigenvalue weighted by molar-refractivity contribution is -0.113. The largest absolute Gasteiger partial charge is 0.353 e. The fraction of sp³-hybridized carbons (Fsp3) is 0.316. The summed E-state index contributed by atoms with van der Waals surface area (Å²) in [4.78, 5) is 12.1. The summed E-state index contributed by atoms with van der Waals surface area (Å²) < 4.78 is 29.9. The van der Waals surface area contributed by atoms with E-state index in [-0.39, 0.29) is 23.3 Å². The number of hydrogen-bond acceptors (Lipinski definition) is 3. The van der Waals surface area contributed by atoms with Crippen molar-refractivity contribution in [2.75, 3.05) is 6.54 Å². The van der Waals surface area contributed by atoms with Crippen molar-refractivity contribution >= 4 is 15.8 Å². The zero-order valence-electron chi connectivity index (χ0n) is 14.6. The second-order valence-corrected chi connectivity index (χ2v) is 8.33. The highest BCUT2D eigenvalue weighted by Gasteiger charge is 2.36. The predicted molar refractivity (Wildman–Crippen MR) is 96.6 cm³/mol. The van der Waals surface area contributed by atoms with Crippen molar-refractivity contribution in [3.8, 4) is 0 Å². The van der Waals surface area contributed by atoms with Crippen molar-refractivity contribution < 1.29 is 13.2 Å². The number of sulfonamides is 1. The number of aryl methyl sites for hydroxylation is 2. The molecule has 5 nitrogen and oxygen atoms in total. The Bertz CT molecular complexity index is 924. The molecular weight excluding hydrogens is 336 g/mol. The normalized spacial score (nSPS) is 18.8. The van der Waals surface area contributed by atoms with Crippen LogP contribution in [0.2, 0.25) is 0 Å². The highest BCUT2D eigenvalue weighted by molar-refractivity contribution is 7.89. The Labute approximate surface area is 148 Å². The minimum absolute atomic E-state index is 0.0885. The van der Waals surface area contributed by atoms with Crippen molar-refractivity contribution in [1.82, 2.24) is 8.87 Å². The lowest BCUT2D eigenvalue weighted by atomic mass is 10.0. The second kappa shape index (κ2) is 6.61. The summed E-state index contributed by atoms with van der Waals surface area (Å²) in [5.41, 5.74) is 2.46. The van der Waals surface area contributed by atoms with Gasteiger partial charge in [-0.05, 0) is 44.5 Å². The number of carbonyl (C=O) groups is 1. The molecule has 25 heavy (non-hydrogen) atoms. The third-order valence-electron chi connectivity index (χ3n) is 4.67. The van der Waals surface area contributed by atoms with Crippen LogP contribution in [-0.2, 0) is 21.9 Å². The van der Waals surface area contributed by atoms with Crippen molar-refractivity contribution in [1.29, 1.82) is 0 Å². The first kappa shape index (κ1) is 17.6. The molecule has 0 fully saturated rings. The van der Waals surface area contributed by atoms with Crippen LogP contribution in [0.15, 0.2) is 59.1 Å². The van der Waals surface area contributed by atoms with Crippen molar-refractivity contribution in [3.63, 3.8) is 0 Å². The fourth-order valence-corrected chi connectivity index (χ4v) is 4.74. The Balaban J connectivity index is 2.08. The number of ketones is 1. The van der Waals surface area contributed by atoms with E-state index in [2.05, 4.69) is 0 Å². The molecule has 0 radical (unpaired) electrons. The average Bonchev–Trinajstić information content (AvgIpc) is 3.00. The maximum Gasteiger partial charge on any atom is 0.243 e. The van der Waals surface area contributed by atoms with Gasteiger partial charge in [0, 0.05) is 31.1 Å². The highest BCUT2D eigenvalue weighted by atomic mass is 32.2.